The molecule has 0 radical (unpaired) electrons. The van der Waals surface area contributed by atoms with Crippen LogP contribution in [0.1, 0.15) is 11.1 Å². The van der Waals surface area contributed by atoms with Gasteiger partial charge in [-0.15, -0.1) is 0 Å². The van der Waals surface area contributed by atoms with Crippen LogP contribution in [0.4, 0.5) is 13.2 Å². The van der Waals surface area contributed by atoms with E-state index in [0.29, 0.717) is 5.56 Å². The Morgan fingerprint density at radius 3 is 2.15 bits per heavy atom. The normalized spacial score (nSPS) is 10.6. The molecule has 1 nitrogen and oxygen atoms in total. The van der Waals surface area contributed by atoms with Crippen LogP contribution in [0.3, 0.4) is 0 Å². The molecule has 0 aliphatic rings. The van der Waals surface area contributed by atoms with Crippen LogP contribution in [0.15, 0.2) is 40.9 Å². The third-order valence-electron chi connectivity index (χ3n) is 2.84. The van der Waals surface area contributed by atoms with Gasteiger partial charge in [-0.25, -0.2) is 13.2 Å². The standard InChI is InChI=1S/C15H10BrF3O/c16-14-9(3-1-5-12(14)17)7-11(20)8-10-4-2-6-13(18)15(10)19/h1-6H,7-8H2. The Bertz CT molecular complexity index is 600. The molecule has 2 rings (SSSR count). The zero-order valence-electron chi connectivity index (χ0n) is 10.3. The molecule has 0 heterocycles. The van der Waals surface area contributed by atoms with Crippen molar-refractivity contribution in [3.8, 4) is 0 Å². The van der Waals surface area contributed by atoms with Gasteiger partial charge in [0.1, 0.15) is 11.6 Å². The van der Waals surface area contributed by atoms with Crippen molar-refractivity contribution in [2.24, 2.45) is 0 Å². The van der Waals surface area contributed by atoms with E-state index in [4.69, 9.17) is 0 Å². The number of carbonyl (C=O) groups excluding carboxylic acids is 1. The van der Waals surface area contributed by atoms with Crippen molar-refractivity contribution in [2.45, 2.75) is 12.8 Å². The van der Waals surface area contributed by atoms with Gasteiger partial charge in [-0.05, 0) is 39.2 Å². The molecule has 0 aliphatic heterocycles. The highest BCUT2D eigenvalue weighted by Crippen LogP contribution is 2.21. The van der Waals surface area contributed by atoms with Crippen LogP contribution in [0.5, 0.6) is 0 Å². The minimum Gasteiger partial charge on any atom is -0.299 e. The molecule has 0 N–H and O–H groups in total. The maximum Gasteiger partial charge on any atom is 0.162 e. The number of rotatable bonds is 4. The molecule has 5 heteroatoms. The van der Waals surface area contributed by atoms with E-state index in [1.807, 2.05) is 0 Å². The fraction of sp³-hybridized carbons (Fsp3) is 0.133. The lowest BCUT2D eigenvalue weighted by atomic mass is 10.0. The monoisotopic (exact) mass is 342 g/mol. The molecule has 0 amide bonds. The minimum atomic E-state index is -1.01. The van der Waals surface area contributed by atoms with E-state index < -0.39 is 17.5 Å². The lowest BCUT2D eigenvalue weighted by molar-refractivity contribution is -0.117. The average molecular weight is 343 g/mol. The van der Waals surface area contributed by atoms with E-state index in [-0.39, 0.29) is 28.7 Å². The molecule has 0 saturated heterocycles. The first kappa shape index (κ1) is 14.8. The van der Waals surface area contributed by atoms with Crippen molar-refractivity contribution >= 4 is 21.7 Å². The lowest BCUT2D eigenvalue weighted by Gasteiger charge is -2.06. The van der Waals surface area contributed by atoms with Crippen molar-refractivity contribution in [3.05, 3.63) is 69.4 Å². The molecule has 0 aromatic heterocycles. The highest BCUT2D eigenvalue weighted by Gasteiger charge is 2.14. The summed E-state index contributed by atoms with van der Waals surface area (Å²) in [4.78, 5) is 11.9. The molecule has 0 fully saturated rings. The van der Waals surface area contributed by atoms with Gasteiger partial charge in [0.05, 0.1) is 4.47 Å². The number of benzene rings is 2. The molecule has 0 bridgehead atoms. The van der Waals surface area contributed by atoms with Gasteiger partial charge in [0.15, 0.2) is 11.6 Å². The molecule has 0 aliphatic carbocycles. The van der Waals surface area contributed by atoms with Crippen LogP contribution >= 0.6 is 15.9 Å². The maximum absolute atomic E-state index is 13.4. The molecule has 2 aromatic rings. The third kappa shape index (κ3) is 3.28. The zero-order valence-corrected chi connectivity index (χ0v) is 11.9. The number of hydrogen-bond acceptors (Lipinski definition) is 1. The molecule has 0 atom stereocenters. The Morgan fingerprint density at radius 2 is 1.45 bits per heavy atom. The first-order valence-corrected chi connectivity index (χ1v) is 6.66. The fourth-order valence-electron chi connectivity index (χ4n) is 1.86. The fourth-order valence-corrected chi connectivity index (χ4v) is 2.26. The van der Waals surface area contributed by atoms with Crippen LogP contribution in [0.2, 0.25) is 0 Å². The summed E-state index contributed by atoms with van der Waals surface area (Å²) in [6.45, 7) is 0. The quantitative estimate of drug-likeness (QED) is 0.812. The van der Waals surface area contributed by atoms with Gasteiger partial charge in [0.25, 0.3) is 0 Å². The number of Topliss-reactive ketones (excluding diaryl/α,β-unsaturated/α-hetero) is 1. The molecule has 0 unspecified atom stereocenters. The van der Waals surface area contributed by atoms with Gasteiger partial charge in [-0.2, -0.15) is 0 Å². The Kier molecular flexibility index (Phi) is 4.60. The van der Waals surface area contributed by atoms with Gasteiger partial charge in [0.2, 0.25) is 0 Å². The summed E-state index contributed by atoms with van der Waals surface area (Å²) in [6, 6.07) is 8.06. The van der Waals surface area contributed by atoms with Crippen LogP contribution in [0.25, 0.3) is 0 Å². The summed E-state index contributed by atoms with van der Waals surface area (Å²) in [6.07, 6.45) is -0.277. The van der Waals surface area contributed by atoms with Crippen LogP contribution < -0.4 is 0 Å². The maximum atomic E-state index is 13.4. The SMILES string of the molecule is O=C(Cc1cccc(F)c1F)Cc1cccc(F)c1Br. The van der Waals surface area contributed by atoms with Gasteiger partial charge in [-0.1, -0.05) is 24.3 Å². The van der Waals surface area contributed by atoms with E-state index in [9.17, 15) is 18.0 Å². The molecule has 0 saturated carbocycles. The molecular weight excluding hydrogens is 333 g/mol. The van der Waals surface area contributed by atoms with Crippen LogP contribution in [-0.2, 0) is 17.6 Å². The van der Waals surface area contributed by atoms with Gasteiger partial charge >= 0.3 is 0 Å². The average Bonchev–Trinajstić information content (AvgIpc) is 2.40. The topological polar surface area (TPSA) is 17.1 Å². The Balaban J connectivity index is 2.13. The van der Waals surface area contributed by atoms with E-state index in [1.54, 1.807) is 6.07 Å². The van der Waals surface area contributed by atoms with Gasteiger partial charge < -0.3 is 0 Å². The lowest BCUT2D eigenvalue weighted by Crippen LogP contribution is -2.09. The molecular formula is C15H10BrF3O. The smallest absolute Gasteiger partial charge is 0.162 e. The second kappa shape index (κ2) is 6.22. The molecule has 2 aromatic carbocycles. The van der Waals surface area contributed by atoms with Crippen LogP contribution in [-0.4, -0.2) is 5.78 Å². The predicted octanol–water partition coefficient (Wildman–Crippen LogP) is 4.22. The second-order valence-electron chi connectivity index (χ2n) is 4.32. The first-order chi connectivity index (χ1) is 9.49. The van der Waals surface area contributed by atoms with Crippen molar-refractivity contribution in [3.63, 3.8) is 0 Å². The van der Waals surface area contributed by atoms with E-state index in [0.717, 1.165) is 6.07 Å². The largest absolute Gasteiger partial charge is 0.299 e. The van der Waals surface area contributed by atoms with Crippen molar-refractivity contribution in [1.82, 2.24) is 0 Å². The zero-order chi connectivity index (χ0) is 14.7. The minimum absolute atomic E-state index is 0.00234. The first-order valence-electron chi connectivity index (χ1n) is 5.86. The van der Waals surface area contributed by atoms with Gasteiger partial charge in [0, 0.05) is 12.8 Å². The Hall–Kier alpha value is -1.62. The van der Waals surface area contributed by atoms with E-state index in [1.165, 1.54) is 24.3 Å². The summed E-state index contributed by atoms with van der Waals surface area (Å²) in [7, 11) is 0. The van der Waals surface area contributed by atoms with Crippen molar-refractivity contribution in [1.29, 1.82) is 0 Å². The molecule has 104 valence electrons. The number of halogens is 4. The number of hydrogen-bond donors (Lipinski definition) is 0. The molecule has 0 spiro atoms. The number of carbonyl (C=O) groups is 1. The van der Waals surface area contributed by atoms with E-state index >= 15 is 0 Å². The third-order valence-corrected chi connectivity index (χ3v) is 3.73. The summed E-state index contributed by atoms with van der Waals surface area (Å²) in [5.41, 5.74) is 0.481. The summed E-state index contributed by atoms with van der Waals surface area (Å²) in [5, 5.41) is 0. The van der Waals surface area contributed by atoms with E-state index in [2.05, 4.69) is 15.9 Å². The Labute approximate surface area is 122 Å². The Morgan fingerprint density at radius 1 is 0.900 bits per heavy atom. The predicted molar refractivity (Wildman–Crippen MR) is 72.9 cm³/mol. The van der Waals surface area contributed by atoms with Gasteiger partial charge in [-0.3, -0.25) is 4.79 Å². The highest BCUT2D eigenvalue weighted by atomic mass is 79.9. The number of ketones is 1. The molecule has 20 heavy (non-hydrogen) atoms. The van der Waals surface area contributed by atoms with Crippen molar-refractivity contribution in [2.75, 3.05) is 0 Å². The summed E-state index contributed by atoms with van der Waals surface area (Å²) < 4.78 is 40.0. The summed E-state index contributed by atoms with van der Waals surface area (Å²) in [5.74, 6) is -2.78. The highest BCUT2D eigenvalue weighted by molar-refractivity contribution is 9.10. The second-order valence-corrected chi connectivity index (χ2v) is 5.11. The van der Waals surface area contributed by atoms with Crippen LogP contribution in [0, 0.1) is 17.5 Å². The summed E-state index contributed by atoms with van der Waals surface area (Å²) >= 11 is 3.06. The van der Waals surface area contributed by atoms with Crippen molar-refractivity contribution < 1.29 is 18.0 Å².